The van der Waals surface area contributed by atoms with Gasteiger partial charge in [-0.3, -0.25) is 9.80 Å². The van der Waals surface area contributed by atoms with Gasteiger partial charge in [0.1, 0.15) is 0 Å². The van der Waals surface area contributed by atoms with Gasteiger partial charge in [0.25, 0.3) is 0 Å². The second-order valence-corrected chi connectivity index (χ2v) is 7.64. The molecule has 122 valence electrons. The molecular weight excluding hydrogens is 296 g/mol. The third-order valence-electron chi connectivity index (χ3n) is 5.41. The zero-order chi connectivity index (χ0) is 14.8. The summed E-state index contributed by atoms with van der Waals surface area (Å²) < 4.78 is 11.6. The first-order valence-electron chi connectivity index (χ1n) is 8.53. The van der Waals surface area contributed by atoms with Gasteiger partial charge in [-0.25, -0.2) is 0 Å². The highest BCUT2D eigenvalue weighted by atomic mass is 32.1. The second-order valence-electron chi connectivity index (χ2n) is 6.86. The first-order chi connectivity index (χ1) is 10.9. The number of morpholine rings is 1. The fourth-order valence-corrected chi connectivity index (χ4v) is 4.83. The van der Waals surface area contributed by atoms with Gasteiger partial charge >= 0.3 is 0 Å². The van der Waals surface area contributed by atoms with E-state index in [2.05, 4.69) is 26.6 Å². The van der Waals surface area contributed by atoms with Crippen LogP contribution in [0.25, 0.3) is 0 Å². The number of hydrogen-bond acceptors (Lipinski definition) is 5. The summed E-state index contributed by atoms with van der Waals surface area (Å²) >= 11 is 1.80. The van der Waals surface area contributed by atoms with Crippen molar-refractivity contribution in [3.63, 3.8) is 0 Å². The summed E-state index contributed by atoms with van der Waals surface area (Å²) in [4.78, 5) is 5.14. The van der Waals surface area contributed by atoms with Crippen LogP contribution in [-0.4, -0.2) is 68.4 Å². The maximum absolute atomic E-state index is 6.18. The van der Waals surface area contributed by atoms with Gasteiger partial charge in [0.15, 0.2) is 0 Å². The van der Waals surface area contributed by atoms with E-state index in [0.29, 0.717) is 6.10 Å². The summed E-state index contributed by atoms with van der Waals surface area (Å²) in [5.74, 6) is 1.50. The van der Waals surface area contributed by atoms with Crippen molar-refractivity contribution in [2.45, 2.75) is 19.1 Å². The molecule has 4 heterocycles. The minimum absolute atomic E-state index is 0.450. The van der Waals surface area contributed by atoms with Crippen LogP contribution in [0.15, 0.2) is 16.8 Å². The van der Waals surface area contributed by atoms with Crippen molar-refractivity contribution in [3.05, 3.63) is 22.4 Å². The number of likely N-dealkylation sites (tertiary alicyclic amines) is 1. The number of piperidine rings is 1. The summed E-state index contributed by atoms with van der Waals surface area (Å²) in [6, 6.07) is 2.25. The van der Waals surface area contributed by atoms with Crippen molar-refractivity contribution < 1.29 is 9.47 Å². The number of nitrogens with zero attached hydrogens (tertiary/aromatic N) is 2. The van der Waals surface area contributed by atoms with Gasteiger partial charge in [-0.1, -0.05) is 0 Å². The minimum Gasteiger partial charge on any atom is -0.379 e. The highest BCUT2D eigenvalue weighted by molar-refractivity contribution is 7.07. The number of thiophene rings is 1. The Kier molecular flexibility index (Phi) is 4.78. The molecule has 4 nitrogen and oxygen atoms in total. The molecule has 0 saturated carbocycles. The Balaban J connectivity index is 1.30. The van der Waals surface area contributed by atoms with Crippen LogP contribution in [0.2, 0.25) is 0 Å². The molecule has 0 unspecified atom stereocenters. The van der Waals surface area contributed by atoms with Crippen molar-refractivity contribution in [2.24, 2.45) is 11.8 Å². The zero-order valence-corrected chi connectivity index (χ0v) is 14.0. The first kappa shape index (κ1) is 15.1. The molecule has 5 heteroatoms. The largest absolute Gasteiger partial charge is 0.379 e. The van der Waals surface area contributed by atoms with Crippen LogP contribution in [0.1, 0.15) is 12.0 Å². The molecule has 3 aliphatic rings. The fourth-order valence-electron chi connectivity index (χ4n) is 4.17. The molecule has 3 aliphatic heterocycles. The lowest BCUT2D eigenvalue weighted by Crippen LogP contribution is -2.45. The topological polar surface area (TPSA) is 24.9 Å². The van der Waals surface area contributed by atoms with E-state index in [1.165, 1.54) is 25.1 Å². The fraction of sp³-hybridized carbons (Fsp3) is 0.765. The van der Waals surface area contributed by atoms with Crippen LogP contribution in [0.3, 0.4) is 0 Å². The Morgan fingerprint density at radius 1 is 1.18 bits per heavy atom. The summed E-state index contributed by atoms with van der Waals surface area (Å²) in [7, 11) is 0. The highest BCUT2D eigenvalue weighted by Crippen LogP contribution is 2.35. The summed E-state index contributed by atoms with van der Waals surface area (Å²) in [5.41, 5.74) is 1.47. The molecule has 0 radical (unpaired) electrons. The van der Waals surface area contributed by atoms with Crippen molar-refractivity contribution in [2.75, 3.05) is 52.5 Å². The van der Waals surface area contributed by atoms with Gasteiger partial charge in [0.2, 0.25) is 0 Å². The maximum Gasteiger partial charge on any atom is 0.0734 e. The van der Waals surface area contributed by atoms with Gasteiger partial charge in [-0.05, 0) is 41.3 Å². The van der Waals surface area contributed by atoms with E-state index in [-0.39, 0.29) is 0 Å². The van der Waals surface area contributed by atoms with E-state index < -0.39 is 0 Å². The predicted octanol–water partition coefficient (Wildman–Crippen LogP) is 1.92. The van der Waals surface area contributed by atoms with Crippen LogP contribution >= 0.6 is 11.3 Å². The van der Waals surface area contributed by atoms with E-state index in [0.717, 1.165) is 57.8 Å². The molecule has 4 rings (SSSR count). The average Bonchev–Trinajstić information content (AvgIpc) is 3.19. The normalized spacial score (nSPS) is 33.9. The Labute approximate surface area is 137 Å². The molecule has 3 fully saturated rings. The maximum atomic E-state index is 6.18. The van der Waals surface area contributed by atoms with Gasteiger partial charge in [0, 0.05) is 38.6 Å². The first-order valence-corrected chi connectivity index (χ1v) is 9.48. The van der Waals surface area contributed by atoms with Gasteiger partial charge in [-0.15, -0.1) is 0 Å². The van der Waals surface area contributed by atoms with Crippen LogP contribution in [-0.2, 0) is 16.0 Å². The van der Waals surface area contributed by atoms with Crippen molar-refractivity contribution in [3.8, 4) is 0 Å². The Morgan fingerprint density at radius 2 is 2.09 bits per heavy atom. The minimum atomic E-state index is 0.450. The smallest absolute Gasteiger partial charge is 0.0734 e. The number of rotatable bonds is 4. The van der Waals surface area contributed by atoms with Crippen LogP contribution < -0.4 is 0 Å². The lowest BCUT2D eigenvalue weighted by atomic mass is 9.84. The standard InChI is InChI=1S/C17H26N2O2S/c1-3-19(9-14-2-8-22-13-14)10-15-12-21-17(16(1)15)11-18-4-6-20-7-5-18/h2,8,13,15-17H,1,3-7,9-12H2/t15-,16-,17+/m1/s1. The molecule has 0 spiro atoms. The number of fused-ring (bicyclic) bond motifs is 1. The van der Waals surface area contributed by atoms with E-state index >= 15 is 0 Å². The number of ether oxygens (including phenoxy) is 2. The predicted molar refractivity (Wildman–Crippen MR) is 88.2 cm³/mol. The Hall–Kier alpha value is -0.460. The quantitative estimate of drug-likeness (QED) is 0.845. The molecule has 1 aromatic rings. The molecule has 1 aromatic heterocycles. The molecule has 0 aliphatic carbocycles. The van der Waals surface area contributed by atoms with Crippen LogP contribution in [0, 0.1) is 11.8 Å². The lowest BCUT2D eigenvalue weighted by Gasteiger charge is -2.37. The van der Waals surface area contributed by atoms with E-state index in [9.17, 15) is 0 Å². The van der Waals surface area contributed by atoms with Gasteiger partial charge in [-0.2, -0.15) is 11.3 Å². The Bertz CT molecular complexity index is 461. The van der Waals surface area contributed by atoms with Crippen molar-refractivity contribution in [1.82, 2.24) is 9.80 Å². The van der Waals surface area contributed by atoms with Crippen molar-refractivity contribution in [1.29, 1.82) is 0 Å². The van der Waals surface area contributed by atoms with Crippen molar-refractivity contribution >= 4 is 11.3 Å². The van der Waals surface area contributed by atoms with Gasteiger partial charge in [0.05, 0.1) is 25.9 Å². The molecular formula is C17H26N2O2S. The highest BCUT2D eigenvalue weighted by Gasteiger charge is 2.41. The zero-order valence-electron chi connectivity index (χ0n) is 13.2. The van der Waals surface area contributed by atoms with Crippen LogP contribution in [0.5, 0.6) is 0 Å². The second kappa shape index (κ2) is 6.97. The Morgan fingerprint density at radius 3 is 2.91 bits per heavy atom. The van der Waals surface area contributed by atoms with Crippen LogP contribution in [0.4, 0.5) is 0 Å². The number of hydrogen-bond donors (Lipinski definition) is 0. The van der Waals surface area contributed by atoms with E-state index in [1.807, 2.05) is 0 Å². The van der Waals surface area contributed by atoms with Gasteiger partial charge < -0.3 is 9.47 Å². The molecule has 0 amide bonds. The molecule has 0 N–H and O–H groups in total. The van der Waals surface area contributed by atoms with E-state index in [4.69, 9.17) is 9.47 Å². The molecule has 3 atom stereocenters. The molecule has 3 saturated heterocycles. The third-order valence-corrected chi connectivity index (χ3v) is 6.14. The summed E-state index contributed by atoms with van der Waals surface area (Å²) in [5, 5.41) is 4.46. The van der Waals surface area contributed by atoms with E-state index in [1.54, 1.807) is 11.3 Å². The SMILES string of the molecule is c1cc(CN2CC[C@@H]3[C@@H](CO[C@H]3CN3CCOCC3)C2)cs1. The molecule has 0 bridgehead atoms. The molecule has 0 aromatic carbocycles. The summed E-state index contributed by atoms with van der Waals surface area (Å²) in [6.07, 6.45) is 1.75. The summed E-state index contributed by atoms with van der Waals surface area (Å²) in [6.45, 7) is 9.52. The molecule has 22 heavy (non-hydrogen) atoms. The third kappa shape index (κ3) is 3.39. The monoisotopic (exact) mass is 322 g/mol. The average molecular weight is 322 g/mol. The lowest BCUT2D eigenvalue weighted by molar-refractivity contribution is -0.00269.